The SMILES string of the molecule is c1c[s+](N2CCNCC2)cn1. The van der Waals surface area contributed by atoms with Crippen LogP contribution in [0, 0.1) is 0 Å². The van der Waals surface area contributed by atoms with Gasteiger partial charge in [0, 0.05) is 13.1 Å². The molecule has 1 N–H and O–H groups in total. The Balaban J connectivity index is 2.04. The van der Waals surface area contributed by atoms with Gasteiger partial charge in [0.1, 0.15) is 0 Å². The molecule has 0 radical (unpaired) electrons. The van der Waals surface area contributed by atoms with E-state index in [-0.39, 0.29) is 10.7 Å². The van der Waals surface area contributed by atoms with E-state index in [1.54, 1.807) is 0 Å². The minimum Gasteiger partial charge on any atom is -0.314 e. The van der Waals surface area contributed by atoms with Crippen molar-refractivity contribution < 1.29 is 0 Å². The van der Waals surface area contributed by atoms with Gasteiger partial charge < -0.3 is 5.32 Å². The Hall–Kier alpha value is -0.450. The van der Waals surface area contributed by atoms with E-state index in [0.29, 0.717) is 0 Å². The van der Waals surface area contributed by atoms with Gasteiger partial charge in [-0.25, -0.2) is 4.98 Å². The summed E-state index contributed by atoms with van der Waals surface area (Å²) in [5.74, 6) is 0. The zero-order valence-electron chi connectivity index (χ0n) is 6.36. The molecule has 1 fully saturated rings. The van der Waals surface area contributed by atoms with Crippen molar-refractivity contribution in [1.29, 1.82) is 0 Å². The number of thiazole rings is 1. The Morgan fingerprint density at radius 2 is 2.18 bits per heavy atom. The van der Waals surface area contributed by atoms with Gasteiger partial charge in [-0.15, -0.1) is 4.31 Å². The first-order valence-corrected chi connectivity index (χ1v) is 5.15. The summed E-state index contributed by atoms with van der Waals surface area (Å²) < 4.78 is 2.46. The van der Waals surface area contributed by atoms with Crippen LogP contribution in [0.2, 0.25) is 0 Å². The number of hydrogen-bond acceptors (Lipinski definition) is 3. The zero-order chi connectivity index (χ0) is 7.52. The van der Waals surface area contributed by atoms with Crippen molar-refractivity contribution in [3.8, 4) is 0 Å². The Morgan fingerprint density at radius 3 is 2.82 bits per heavy atom. The van der Waals surface area contributed by atoms with Crippen LogP contribution in [0.5, 0.6) is 0 Å². The van der Waals surface area contributed by atoms with Crippen molar-refractivity contribution in [2.75, 3.05) is 30.5 Å². The van der Waals surface area contributed by atoms with Crippen LogP contribution < -0.4 is 9.62 Å². The van der Waals surface area contributed by atoms with Crippen molar-refractivity contribution >= 4 is 10.7 Å². The van der Waals surface area contributed by atoms with Gasteiger partial charge in [0.25, 0.3) is 5.51 Å². The van der Waals surface area contributed by atoms with Crippen molar-refractivity contribution in [2.45, 2.75) is 0 Å². The lowest BCUT2D eigenvalue weighted by molar-refractivity contribution is 0.611. The highest BCUT2D eigenvalue weighted by Crippen LogP contribution is 2.17. The average Bonchev–Trinajstić information content (AvgIpc) is 2.58. The van der Waals surface area contributed by atoms with Crippen molar-refractivity contribution in [1.82, 2.24) is 10.3 Å². The van der Waals surface area contributed by atoms with E-state index in [1.807, 2.05) is 11.7 Å². The van der Waals surface area contributed by atoms with E-state index >= 15 is 0 Å². The molecule has 1 saturated heterocycles. The lowest BCUT2D eigenvalue weighted by Gasteiger charge is -2.18. The predicted octanol–water partition coefficient (Wildman–Crippen LogP) is 0.372. The summed E-state index contributed by atoms with van der Waals surface area (Å²) in [4.78, 5) is 4.08. The maximum Gasteiger partial charge on any atom is 0.251 e. The number of hydrogen-bond donors (Lipinski definition) is 1. The normalized spacial score (nSPS) is 22.0. The third-order valence-electron chi connectivity index (χ3n) is 1.83. The molecule has 60 valence electrons. The van der Waals surface area contributed by atoms with Crippen LogP contribution in [0.25, 0.3) is 0 Å². The van der Waals surface area contributed by atoms with E-state index in [0.717, 1.165) is 26.2 Å². The topological polar surface area (TPSA) is 28.2 Å². The van der Waals surface area contributed by atoms with Gasteiger partial charge in [-0.1, -0.05) is 0 Å². The minimum absolute atomic E-state index is 0.207. The first-order valence-electron chi connectivity index (χ1n) is 3.84. The minimum atomic E-state index is 0.207. The number of nitrogens with zero attached hydrogens (tertiary/aromatic N) is 2. The van der Waals surface area contributed by atoms with Crippen LogP contribution in [0.1, 0.15) is 0 Å². The summed E-state index contributed by atoms with van der Waals surface area (Å²) in [5, 5.41) is 5.50. The summed E-state index contributed by atoms with van der Waals surface area (Å²) in [6.07, 6.45) is 1.89. The van der Waals surface area contributed by atoms with E-state index in [9.17, 15) is 0 Å². The molecule has 1 aliphatic heterocycles. The molecule has 0 spiro atoms. The average molecular weight is 170 g/mol. The molecule has 0 aromatic carbocycles. The van der Waals surface area contributed by atoms with Gasteiger partial charge in [0.2, 0.25) is 0 Å². The molecule has 11 heavy (non-hydrogen) atoms. The lowest BCUT2D eigenvalue weighted by atomic mass is 10.4. The fourth-order valence-corrected chi connectivity index (χ4v) is 2.61. The fourth-order valence-electron chi connectivity index (χ4n) is 1.24. The third kappa shape index (κ3) is 1.58. The molecule has 0 aliphatic carbocycles. The number of nitrogens with one attached hydrogen (secondary N) is 1. The highest BCUT2D eigenvalue weighted by atomic mass is 32.2. The van der Waals surface area contributed by atoms with Crippen molar-refractivity contribution in [3.63, 3.8) is 0 Å². The summed E-state index contributed by atoms with van der Waals surface area (Å²) >= 11 is 0. The molecule has 0 amide bonds. The van der Waals surface area contributed by atoms with Gasteiger partial charge in [0.05, 0.1) is 29.9 Å². The van der Waals surface area contributed by atoms with Crippen LogP contribution in [0.15, 0.2) is 17.1 Å². The van der Waals surface area contributed by atoms with Gasteiger partial charge in [-0.3, -0.25) is 0 Å². The second kappa shape index (κ2) is 3.30. The second-order valence-electron chi connectivity index (χ2n) is 2.57. The molecule has 2 rings (SSSR count). The Bertz CT molecular complexity index is 203. The molecule has 1 aliphatic rings. The first kappa shape index (κ1) is 7.21. The fraction of sp³-hybridized carbons (Fsp3) is 0.571. The first-order chi connectivity index (χ1) is 5.47. The Kier molecular flexibility index (Phi) is 2.16. The Labute approximate surface area is 69.2 Å². The lowest BCUT2D eigenvalue weighted by Crippen LogP contribution is -2.42. The van der Waals surface area contributed by atoms with Crippen LogP contribution in [-0.2, 0) is 0 Å². The highest BCUT2D eigenvalue weighted by Gasteiger charge is 2.19. The smallest absolute Gasteiger partial charge is 0.251 e. The standard InChI is InChI=1S/C7H12N3S/c1-4-10(5-2-8-1)11-6-3-9-7-11/h3,6-8H,1-2,4-5H2/q+1. The predicted molar refractivity (Wildman–Crippen MR) is 47.5 cm³/mol. The van der Waals surface area contributed by atoms with E-state index in [4.69, 9.17) is 0 Å². The van der Waals surface area contributed by atoms with Crippen LogP contribution in [0.3, 0.4) is 0 Å². The number of aromatic nitrogens is 1. The monoisotopic (exact) mass is 170 g/mol. The largest absolute Gasteiger partial charge is 0.314 e. The maximum absolute atomic E-state index is 4.08. The molecule has 4 heteroatoms. The molecular weight excluding hydrogens is 158 g/mol. The summed E-state index contributed by atoms with van der Waals surface area (Å²) in [7, 11) is 0.207. The molecule has 1 aromatic rings. The van der Waals surface area contributed by atoms with Crippen LogP contribution in [-0.4, -0.2) is 31.2 Å². The molecule has 3 nitrogen and oxygen atoms in total. The van der Waals surface area contributed by atoms with Crippen LogP contribution in [0.4, 0.5) is 0 Å². The van der Waals surface area contributed by atoms with Gasteiger partial charge in [0.15, 0.2) is 5.38 Å². The van der Waals surface area contributed by atoms with Gasteiger partial charge in [-0.05, 0) is 0 Å². The van der Waals surface area contributed by atoms with Gasteiger partial charge in [-0.2, -0.15) is 0 Å². The summed E-state index contributed by atoms with van der Waals surface area (Å²) in [5.41, 5.74) is 2.03. The molecular formula is C7H12N3S+. The number of piperazine rings is 1. The molecule has 1 atom stereocenters. The third-order valence-corrected chi connectivity index (χ3v) is 3.53. The maximum atomic E-state index is 4.08. The molecule has 2 heterocycles. The van der Waals surface area contributed by atoms with E-state index < -0.39 is 0 Å². The number of rotatable bonds is 1. The molecule has 0 bridgehead atoms. The highest BCUT2D eigenvalue weighted by molar-refractivity contribution is 7.30. The van der Waals surface area contributed by atoms with E-state index in [1.165, 1.54) is 0 Å². The zero-order valence-corrected chi connectivity index (χ0v) is 7.18. The van der Waals surface area contributed by atoms with Crippen molar-refractivity contribution in [3.05, 3.63) is 17.1 Å². The molecule has 1 aromatic heterocycles. The van der Waals surface area contributed by atoms with Crippen molar-refractivity contribution in [2.24, 2.45) is 0 Å². The summed E-state index contributed by atoms with van der Waals surface area (Å²) in [6.45, 7) is 4.54. The van der Waals surface area contributed by atoms with Crippen LogP contribution >= 0.6 is 10.7 Å². The Morgan fingerprint density at radius 1 is 1.36 bits per heavy atom. The summed E-state index contributed by atoms with van der Waals surface area (Å²) in [6, 6.07) is 0. The quantitative estimate of drug-likeness (QED) is 0.617. The van der Waals surface area contributed by atoms with E-state index in [2.05, 4.69) is 20.0 Å². The molecule has 0 saturated carbocycles. The van der Waals surface area contributed by atoms with Gasteiger partial charge >= 0.3 is 0 Å². The molecule has 1 unspecified atom stereocenters. The second-order valence-corrected chi connectivity index (χ2v) is 4.26.